The second kappa shape index (κ2) is 8.62. The molecule has 1 amide bonds. The summed E-state index contributed by atoms with van der Waals surface area (Å²) in [6.07, 6.45) is 6.79. The third-order valence-corrected chi connectivity index (χ3v) is 5.59. The van der Waals surface area contributed by atoms with Crippen molar-refractivity contribution in [3.8, 4) is 0 Å². The highest BCUT2D eigenvalue weighted by atomic mass is 19.1. The number of rotatable bonds is 6. The van der Waals surface area contributed by atoms with Gasteiger partial charge in [-0.2, -0.15) is 0 Å². The van der Waals surface area contributed by atoms with Crippen molar-refractivity contribution in [2.45, 2.75) is 63.6 Å². The maximum atomic E-state index is 13.2. The molecule has 1 aliphatic carbocycles. The van der Waals surface area contributed by atoms with Gasteiger partial charge in [-0.25, -0.2) is 4.39 Å². The van der Waals surface area contributed by atoms with Gasteiger partial charge in [-0.05, 0) is 49.9 Å². The summed E-state index contributed by atoms with van der Waals surface area (Å²) in [6.45, 7) is 1.25. The molecule has 1 saturated carbocycles. The minimum absolute atomic E-state index is 0.0191. The van der Waals surface area contributed by atoms with Crippen LogP contribution < -0.4 is 0 Å². The van der Waals surface area contributed by atoms with Crippen molar-refractivity contribution in [1.82, 2.24) is 9.80 Å². The molecule has 2 fully saturated rings. The average Bonchev–Trinajstić information content (AvgIpc) is 3.10. The third-order valence-electron chi connectivity index (χ3n) is 5.59. The van der Waals surface area contributed by atoms with Gasteiger partial charge in [-0.15, -0.1) is 0 Å². The second-order valence-corrected chi connectivity index (χ2v) is 7.41. The minimum Gasteiger partial charge on any atom is -0.480 e. The van der Waals surface area contributed by atoms with Gasteiger partial charge < -0.3 is 10.0 Å². The van der Waals surface area contributed by atoms with E-state index in [1.807, 2.05) is 4.90 Å². The molecule has 1 aromatic carbocycles. The summed E-state index contributed by atoms with van der Waals surface area (Å²) in [5.74, 6) is -1.15. The summed E-state index contributed by atoms with van der Waals surface area (Å²) in [5, 5.41) is 9.34. The smallest absolute Gasteiger partial charge is 0.320 e. The molecule has 0 unspecified atom stereocenters. The molecule has 142 valence electrons. The number of carbonyl (C=O) groups excluding carboxylic acids is 1. The van der Waals surface area contributed by atoms with Crippen LogP contribution in [0.3, 0.4) is 0 Å². The molecule has 26 heavy (non-hydrogen) atoms. The highest BCUT2D eigenvalue weighted by molar-refractivity contribution is 5.80. The lowest BCUT2D eigenvalue weighted by Crippen LogP contribution is -2.48. The van der Waals surface area contributed by atoms with Gasteiger partial charge in [0.2, 0.25) is 5.91 Å². The Kier molecular flexibility index (Phi) is 6.25. The first-order valence-corrected chi connectivity index (χ1v) is 9.55. The molecule has 2 aliphatic rings. The molecule has 5 nitrogen and oxygen atoms in total. The van der Waals surface area contributed by atoms with Crippen LogP contribution in [-0.4, -0.2) is 52.0 Å². The van der Waals surface area contributed by atoms with E-state index in [4.69, 9.17) is 0 Å². The summed E-state index contributed by atoms with van der Waals surface area (Å²) in [5.41, 5.74) is 0.904. The van der Waals surface area contributed by atoms with Crippen LogP contribution in [0.25, 0.3) is 0 Å². The number of likely N-dealkylation sites (tertiary alicyclic amines) is 1. The number of carboxylic acid groups (broad SMARTS) is 1. The molecule has 1 aliphatic heterocycles. The van der Waals surface area contributed by atoms with Crippen LogP contribution in [0.5, 0.6) is 0 Å². The Bertz CT molecular complexity index is 628. The predicted octanol–water partition coefficient (Wildman–Crippen LogP) is 3.04. The topological polar surface area (TPSA) is 60.9 Å². The largest absolute Gasteiger partial charge is 0.480 e. The molecule has 3 rings (SSSR count). The Balaban J connectivity index is 1.72. The van der Waals surface area contributed by atoms with Gasteiger partial charge in [0.1, 0.15) is 11.9 Å². The number of carboxylic acids is 1. The maximum absolute atomic E-state index is 13.2. The summed E-state index contributed by atoms with van der Waals surface area (Å²) >= 11 is 0. The number of hydrogen-bond acceptors (Lipinski definition) is 3. The van der Waals surface area contributed by atoms with Crippen LogP contribution in [0.1, 0.15) is 50.5 Å². The number of benzene rings is 1. The van der Waals surface area contributed by atoms with Gasteiger partial charge in [0.25, 0.3) is 0 Å². The van der Waals surface area contributed by atoms with Crippen LogP contribution in [0.4, 0.5) is 4.39 Å². The Morgan fingerprint density at radius 3 is 2.42 bits per heavy atom. The van der Waals surface area contributed by atoms with E-state index in [-0.39, 0.29) is 24.3 Å². The summed E-state index contributed by atoms with van der Waals surface area (Å²) in [4.78, 5) is 28.1. The van der Waals surface area contributed by atoms with Crippen LogP contribution in [0, 0.1) is 5.82 Å². The molecule has 1 heterocycles. The number of nitrogens with zero attached hydrogens (tertiary/aromatic N) is 2. The SMILES string of the molecule is O=C(O)[C@H]1CCCN1CC(=O)N(Cc1ccc(F)cc1)C1CCCCC1. The Morgan fingerprint density at radius 2 is 1.77 bits per heavy atom. The quantitative estimate of drug-likeness (QED) is 0.845. The van der Waals surface area contributed by atoms with E-state index in [0.29, 0.717) is 19.5 Å². The van der Waals surface area contributed by atoms with E-state index >= 15 is 0 Å². The molecule has 1 saturated heterocycles. The lowest BCUT2D eigenvalue weighted by atomic mass is 9.93. The second-order valence-electron chi connectivity index (χ2n) is 7.41. The molecule has 1 aromatic rings. The lowest BCUT2D eigenvalue weighted by molar-refractivity contribution is -0.144. The van der Waals surface area contributed by atoms with Gasteiger partial charge in [0.15, 0.2) is 0 Å². The zero-order valence-corrected chi connectivity index (χ0v) is 15.1. The van der Waals surface area contributed by atoms with Crippen LogP contribution in [-0.2, 0) is 16.1 Å². The van der Waals surface area contributed by atoms with Crippen molar-refractivity contribution in [3.05, 3.63) is 35.6 Å². The zero-order chi connectivity index (χ0) is 18.5. The van der Waals surface area contributed by atoms with Crippen molar-refractivity contribution < 1.29 is 19.1 Å². The predicted molar refractivity (Wildman–Crippen MR) is 96.1 cm³/mol. The van der Waals surface area contributed by atoms with E-state index < -0.39 is 12.0 Å². The number of carbonyl (C=O) groups is 2. The first kappa shape index (κ1) is 18.8. The monoisotopic (exact) mass is 362 g/mol. The van der Waals surface area contributed by atoms with Crippen molar-refractivity contribution in [3.63, 3.8) is 0 Å². The standard InChI is InChI=1S/C20H27FN2O3/c21-16-10-8-15(9-11-16)13-23(17-5-2-1-3-6-17)19(24)14-22-12-4-7-18(22)20(25)26/h8-11,17-18H,1-7,12-14H2,(H,25,26)/t18-/m1/s1. The number of halogens is 1. The van der Waals surface area contributed by atoms with E-state index in [0.717, 1.165) is 37.7 Å². The Morgan fingerprint density at radius 1 is 1.08 bits per heavy atom. The van der Waals surface area contributed by atoms with Crippen LogP contribution in [0.2, 0.25) is 0 Å². The molecule has 1 atom stereocenters. The molecule has 0 aromatic heterocycles. The molecule has 6 heteroatoms. The Labute approximate surface area is 153 Å². The molecule has 0 bridgehead atoms. The molecule has 0 spiro atoms. The van der Waals surface area contributed by atoms with E-state index in [1.165, 1.54) is 18.6 Å². The molecule has 1 N–H and O–H groups in total. The number of aliphatic carboxylic acids is 1. The van der Waals surface area contributed by atoms with Crippen molar-refractivity contribution in [2.24, 2.45) is 0 Å². The van der Waals surface area contributed by atoms with E-state index in [1.54, 1.807) is 17.0 Å². The lowest BCUT2D eigenvalue weighted by Gasteiger charge is -2.36. The van der Waals surface area contributed by atoms with Crippen molar-refractivity contribution in [2.75, 3.05) is 13.1 Å². The number of amides is 1. The minimum atomic E-state index is -0.849. The van der Waals surface area contributed by atoms with E-state index in [9.17, 15) is 19.1 Å². The molecular formula is C20H27FN2O3. The fraction of sp³-hybridized carbons (Fsp3) is 0.600. The first-order chi connectivity index (χ1) is 12.5. The Hall–Kier alpha value is -1.95. The average molecular weight is 362 g/mol. The summed E-state index contributed by atoms with van der Waals surface area (Å²) in [6, 6.07) is 5.90. The van der Waals surface area contributed by atoms with Gasteiger partial charge >= 0.3 is 5.97 Å². The molecule has 0 radical (unpaired) electrons. The third kappa shape index (κ3) is 4.61. The fourth-order valence-electron chi connectivity index (χ4n) is 4.16. The van der Waals surface area contributed by atoms with Crippen molar-refractivity contribution >= 4 is 11.9 Å². The van der Waals surface area contributed by atoms with Gasteiger partial charge in [0, 0.05) is 12.6 Å². The highest BCUT2D eigenvalue weighted by Gasteiger charge is 2.34. The number of hydrogen-bond donors (Lipinski definition) is 1. The fourth-order valence-corrected chi connectivity index (χ4v) is 4.16. The van der Waals surface area contributed by atoms with Gasteiger partial charge in [0.05, 0.1) is 6.54 Å². The van der Waals surface area contributed by atoms with Crippen molar-refractivity contribution in [1.29, 1.82) is 0 Å². The van der Waals surface area contributed by atoms with E-state index in [2.05, 4.69) is 0 Å². The highest BCUT2D eigenvalue weighted by Crippen LogP contribution is 2.25. The maximum Gasteiger partial charge on any atom is 0.320 e. The van der Waals surface area contributed by atoms with Crippen LogP contribution in [0.15, 0.2) is 24.3 Å². The first-order valence-electron chi connectivity index (χ1n) is 9.55. The summed E-state index contributed by atoms with van der Waals surface area (Å²) < 4.78 is 13.2. The van der Waals surface area contributed by atoms with Gasteiger partial charge in [-0.1, -0.05) is 31.4 Å². The van der Waals surface area contributed by atoms with Crippen LogP contribution >= 0.6 is 0 Å². The normalized spacial score (nSPS) is 21.7. The zero-order valence-electron chi connectivity index (χ0n) is 15.1. The summed E-state index contributed by atoms with van der Waals surface area (Å²) in [7, 11) is 0. The molecular weight excluding hydrogens is 335 g/mol. The van der Waals surface area contributed by atoms with Gasteiger partial charge in [-0.3, -0.25) is 14.5 Å².